The summed E-state index contributed by atoms with van der Waals surface area (Å²) in [5.41, 5.74) is 1.57. The van der Waals surface area contributed by atoms with Gasteiger partial charge in [-0.25, -0.2) is 4.98 Å². The van der Waals surface area contributed by atoms with Crippen LogP contribution in [-0.2, 0) is 0 Å². The van der Waals surface area contributed by atoms with Crippen molar-refractivity contribution in [2.45, 2.75) is 0 Å². The van der Waals surface area contributed by atoms with Crippen molar-refractivity contribution in [2.24, 2.45) is 0 Å². The van der Waals surface area contributed by atoms with Crippen LogP contribution in [0.5, 0.6) is 5.75 Å². The molecule has 6 heteroatoms. The number of piperazine rings is 1. The minimum atomic E-state index is 0.0489. The Morgan fingerprint density at radius 2 is 1.68 bits per heavy atom. The Kier molecular flexibility index (Phi) is 5.12. The van der Waals surface area contributed by atoms with Crippen LogP contribution >= 0.6 is 0 Å². The van der Waals surface area contributed by atoms with Gasteiger partial charge < -0.3 is 19.9 Å². The SMILES string of the molecule is COc1ccc(Nc2ncc(C(=O)N3CCN(C)CC3)c3ccccc23)cc1. The molecular formula is C22H24N4O2. The molecule has 28 heavy (non-hydrogen) atoms. The van der Waals surface area contributed by atoms with Crippen LogP contribution in [-0.4, -0.2) is 61.0 Å². The second kappa shape index (κ2) is 7.86. The zero-order chi connectivity index (χ0) is 19.5. The molecule has 0 saturated carbocycles. The smallest absolute Gasteiger partial charge is 0.256 e. The van der Waals surface area contributed by atoms with Crippen molar-refractivity contribution in [2.75, 3.05) is 45.7 Å². The molecule has 0 spiro atoms. The van der Waals surface area contributed by atoms with E-state index in [1.807, 2.05) is 53.4 Å². The summed E-state index contributed by atoms with van der Waals surface area (Å²) in [4.78, 5) is 21.8. The molecule has 0 unspecified atom stereocenters. The largest absolute Gasteiger partial charge is 0.497 e. The lowest BCUT2D eigenvalue weighted by atomic mass is 10.1. The maximum Gasteiger partial charge on any atom is 0.256 e. The predicted molar refractivity (Wildman–Crippen MR) is 111 cm³/mol. The lowest BCUT2D eigenvalue weighted by molar-refractivity contribution is 0.0665. The van der Waals surface area contributed by atoms with E-state index >= 15 is 0 Å². The number of hydrogen-bond acceptors (Lipinski definition) is 5. The van der Waals surface area contributed by atoms with Gasteiger partial charge in [0.1, 0.15) is 11.6 Å². The van der Waals surface area contributed by atoms with E-state index in [1.54, 1.807) is 13.3 Å². The second-order valence-electron chi connectivity index (χ2n) is 7.02. The number of fused-ring (bicyclic) bond motifs is 1. The number of anilines is 2. The Bertz CT molecular complexity index is 979. The molecule has 1 amide bonds. The van der Waals surface area contributed by atoms with Crippen LogP contribution in [0.3, 0.4) is 0 Å². The van der Waals surface area contributed by atoms with Crippen molar-refractivity contribution in [1.82, 2.24) is 14.8 Å². The second-order valence-corrected chi connectivity index (χ2v) is 7.02. The third kappa shape index (κ3) is 3.64. The zero-order valence-corrected chi connectivity index (χ0v) is 16.2. The monoisotopic (exact) mass is 376 g/mol. The summed E-state index contributed by atoms with van der Waals surface area (Å²) in [5, 5.41) is 5.19. The number of methoxy groups -OCH3 is 1. The number of carbonyl (C=O) groups excluding carboxylic acids is 1. The number of nitrogens with one attached hydrogen (secondary N) is 1. The number of carbonyl (C=O) groups is 1. The number of hydrogen-bond donors (Lipinski definition) is 1. The number of ether oxygens (including phenoxy) is 1. The van der Waals surface area contributed by atoms with Gasteiger partial charge >= 0.3 is 0 Å². The molecule has 1 aliphatic rings. The quantitative estimate of drug-likeness (QED) is 0.757. The van der Waals surface area contributed by atoms with Crippen LogP contribution in [0.2, 0.25) is 0 Å². The highest BCUT2D eigenvalue weighted by atomic mass is 16.5. The number of amides is 1. The van der Waals surface area contributed by atoms with E-state index in [1.165, 1.54) is 0 Å². The molecule has 1 aliphatic heterocycles. The highest BCUT2D eigenvalue weighted by Gasteiger charge is 2.22. The molecule has 0 bridgehead atoms. The molecule has 2 aromatic carbocycles. The number of likely N-dealkylation sites (N-methyl/N-ethyl adjacent to an activating group) is 1. The Hall–Kier alpha value is -3.12. The van der Waals surface area contributed by atoms with Gasteiger partial charge in [0.25, 0.3) is 5.91 Å². The molecular weight excluding hydrogens is 352 g/mol. The summed E-state index contributed by atoms with van der Waals surface area (Å²) in [6.07, 6.45) is 1.69. The minimum Gasteiger partial charge on any atom is -0.497 e. The summed E-state index contributed by atoms with van der Waals surface area (Å²) in [7, 11) is 3.73. The van der Waals surface area contributed by atoms with Crippen molar-refractivity contribution in [3.63, 3.8) is 0 Å². The first-order valence-corrected chi connectivity index (χ1v) is 9.42. The molecule has 1 aromatic heterocycles. The van der Waals surface area contributed by atoms with Gasteiger partial charge in [-0.05, 0) is 36.7 Å². The third-order valence-corrected chi connectivity index (χ3v) is 5.17. The number of nitrogens with zero attached hydrogens (tertiary/aromatic N) is 3. The lowest BCUT2D eigenvalue weighted by Gasteiger charge is -2.32. The number of aromatic nitrogens is 1. The van der Waals surface area contributed by atoms with Gasteiger partial charge in [-0.2, -0.15) is 0 Å². The molecule has 1 saturated heterocycles. The van der Waals surface area contributed by atoms with E-state index < -0.39 is 0 Å². The fourth-order valence-corrected chi connectivity index (χ4v) is 3.45. The van der Waals surface area contributed by atoms with E-state index in [2.05, 4.69) is 22.2 Å². The molecule has 2 heterocycles. The van der Waals surface area contributed by atoms with Crippen molar-refractivity contribution in [1.29, 1.82) is 0 Å². The maximum absolute atomic E-state index is 13.1. The zero-order valence-electron chi connectivity index (χ0n) is 16.2. The van der Waals surface area contributed by atoms with E-state index in [4.69, 9.17) is 4.74 Å². The van der Waals surface area contributed by atoms with Crippen LogP contribution in [0.15, 0.2) is 54.7 Å². The summed E-state index contributed by atoms with van der Waals surface area (Å²) in [6, 6.07) is 15.6. The average Bonchev–Trinajstić information content (AvgIpc) is 2.74. The Labute approximate surface area is 164 Å². The number of pyridine rings is 1. The van der Waals surface area contributed by atoms with Crippen molar-refractivity contribution in [3.8, 4) is 5.75 Å². The summed E-state index contributed by atoms with van der Waals surface area (Å²) < 4.78 is 5.21. The van der Waals surface area contributed by atoms with Gasteiger partial charge in [0.15, 0.2) is 0 Å². The first kappa shape index (κ1) is 18.3. The average molecular weight is 376 g/mol. The molecule has 4 rings (SSSR count). The molecule has 0 aliphatic carbocycles. The first-order chi connectivity index (χ1) is 13.7. The standard InChI is InChI=1S/C22H24N4O2/c1-25-11-13-26(14-12-25)22(27)20-15-23-21(19-6-4-3-5-18(19)20)24-16-7-9-17(28-2)10-8-16/h3-10,15H,11-14H2,1-2H3,(H,23,24). The fourth-order valence-electron chi connectivity index (χ4n) is 3.45. The molecule has 3 aromatic rings. The molecule has 144 valence electrons. The fraction of sp³-hybridized carbons (Fsp3) is 0.273. The minimum absolute atomic E-state index is 0.0489. The van der Waals surface area contributed by atoms with Crippen molar-refractivity contribution >= 4 is 28.2 Å². The van der Waals surface area contributed by atoms with Crippen LogP contribution in [0, 0.1) is 0 Å². The Morgan fingerprint density at radius 1 is 1.00 bits per heavy atom. The van der Waals surface area contributed by atoms with Gasteiger partial charge in [-0.1, -0.05) is 24.3 Å². The lowest BCUT2D eigenvalue weighted by Crippen LogP contribution is -2.47. The summed E-state index contributed by atoms with van der Waals surface area (Å²) in [5.74, 6) is 1.58. The van der Waals surface area contributed by atoms with E-state index in [0.717, 1.165) is 54.2 Å². The van der Waals surface area contributed by atoms with Crippen LogP contribution in [0.25, 0.3) is 10.8 Å². The van der Waals surface area contributed by atoms with Crippen molar-refractivity contribution in [3.05, 3.63) is 60.3 Å². The predicted octanol–water partition coefficient (Wildman–Crippen LogP) is 3.37. The molecule has 1 N–H and O–H groups in total. The van der Waals surface area contributed by atoms with Crippen LogP contribution < -0.4 is 10.1 Å². The number of benzene rings is 2. The summed E-state index contributed by atoms with van der Waals surface area (Å²) >= 11 is 0. The summed E-state index contributed by atoms with van der Waals surface area (Å²) in [6.45, 7) is 3.29. The van der Waals surface area contributed by atoms with Gasteiger partial charge in [-0.3, -0.25) is 4.79 Å². The maximum atomic E-state index is 13.1. The topological polar surface area (TPSA) is 57.7 Å². The molecule has 0 radical (unpaired) electrons. The van der Waals surface area contributed by atoms with Crippen molar-refractivity contribution < 1.29 is 9.53 Å². The highest BCUT2D eigenvalue weighted by Crippen LogP contribution is 2.28. The first-order valence-electron chi connectivity index (χ1n) is 9.42. The Morgan fingerprint density at radius 3 is 2.36 bits per heavy atom. The van der Waals surface area contributed by atoms with Gasteiger partial charge in [0.2, 0.25) is 0 Å². The van der Waals surface area contributed by atoms with E-state index in [0.29, 0.717) is 5.56 Å². The van der Waals surface area contributed by atoms with Crippen LogP contribution in [0.1, 0.15) is 10.4 Å². The van der Waals surface area contributed by atoms with E-state index in [9.17, 15) is 4.79 Å². The molecule has 0 atom stereocenters. The van der Waals surface area contributed by atoms with E-state index in [-0.39, 0.29) is 5.91 Å². The van der Waals surface area contributed by atoms with Crippen LogP contribution in [0.4, 0.5) is 11.5 Å². The third-order valence-electron chi connectivity index (χ3n) is 5.17. The normalized spacial score (nSPS) is 14.9. The Balaban J connectivity index is 1.65. The number of rotatable bonds is 4. The van der Waals surface area contributed by atoms with Gasteiger partial charge in [0, 0.05) is 43.4 Å². The highest BCUT2D eigenvalue weighted by molar-refractivity contribution is 6.09. The molecule has 6 nitrogen and oxygen atoms in total. The molecule has 1 fully saturated rings. The van der Waals surface area contributed by atoms with Gasteiger partial charge in [-0.15, -0.1) is 0 Å². The van der Waals surface area contributed by atoms with Gasteiger partial charge in [0.05, 0.1) is 12.7 Å².